The van der Waals surface area contributed by atoms with Crippen LogP contribution in [0.15, 0.2) is 84.0 Å². The van der Waals surface area contributed by atoms with Crippen LogP contribution in [-0.2, 0) is 11.4 Å². The first-order valence-electron chi connectivity index (χ1n) is 10.4. The molecule has 9 nitrogen and oxygen atoms in total. The van der Waals surface area contributed by atoms with E-state index in [1.54, 1.807) is 0 Å². The molecule has 0 bridgehead atoms. The number of hydrogen-bond acceptors (Lipinski definition) is 7. The number of para-hydroxylation sites is 1. The first-order chi connectivity index (χ1) is 16.5. The van der Waals surface area contributed by atoms with Gasteiger partial charge in [-0.1, -0.05) is 42.1 Å². The Bertz CT molecular complexity index is 1290. The Morgan fingerprint density at radius 1 is 1.06 bits per heavy atom. The van der Waals surface area contributed by atoms with Crippen molar-refractivity contribution >= 4 is 29.0 Å². The fraction of sp³-hybridized carbons (Fsp3) is 0.125. The van der Waals surface area contributed by atoms with Crippen LogP contribution < -0.4 is 10.1 Å². The second kappa shape index (κ2) is 10.6. The molecular formula is C24H21N5O4S. The van der Waals surface area contributed by atoms with E-state index in [0.29, 0.717) is 16.7 Å². The van der Waals surface area contributed by atoms with Crippen molar-refractivity contribution in [1.29, 1.82) is 0 Å². The van der Waals surface area contributed by atoms with Crippen LogP contribution in [0.25, 0.3) is 5.69 Å². The number of aryl methyl sites for hydroxylation is 1. The molecular weight excluding hydrogens is 454 g/mol. The normalized spacial score (nSPS) is 10.6. The van der Waals surface area contributed by atoms with Crippen molar-refractivity contribution in [2.45, 2.75) is 18.7 Å². The molecule has 1 heterocycles. The number of thioether (sulfide) groups is 1. The maximum Gasteiger partial charge on any atom is 0.269 e. The first-order valence-corrected chi connectivity index (χ1v) is 11.3. The third kappa shape index (κ3) is 5.78. The average Bonchev–Trinajstić information content (AvgIpc) is 3.25. The molecule has 0 spiro atoms. The molecule has 0 saturated heterocycles. The maximum absolute atomic E-state index is 12.5. The highest BCUT2D eigenvalue weighted by Gasteiger charge is 2.17. The van der Waals surface area contributed by atoms with E-state index < -0.39 is 4.92 Å². The first kappa shape index (κ1) is 23.0. The number of benzene rings is 3. The lowest BCUT2D eigenvalue weighted by Crippen LogP contribution is -2.14. The van der Waals surface area contributed by atoms with Gasteiger partial charge in [-0.3, -0.25) is 19.5 Å². The number of nitro groups is 1. The number of rotatable bonds is 9. The van der Waals surface area contributed by atoms with Gasteiger partial charge in [0.15, 0.2) is 11.0 Å². The largest absolute Gasteiger partial charge is 0.486 e. The predicted molar refractivity (Wildman–Crippen MR) is 129 cm³/mol. The topological polar surface area (TPSA) is 112 Å². The van der Waals surface area contributed by atoms with E-state index in [1.165, 1.54) is 36.0 Å². The zero-order valence-corrected chi connectivity index (χ0v) is 19.1. The molecule has 172 valence electrons. The number of nitrogens with zero attached hydrogens (tertiary/aromatic N) is 4. The summed E-state index contributed by atoms with van der Waals surface area (Å²) in [5.41, 5.74) is 2.39. The van der Waals surface area contributed by atoms with Gasteiger partial charge < -0.3 is 10.1 Å². The van der Waals surface area contributed by atoms with Gasteiger partial charge in [0.05, 0.1) is 10.7 Å². The van der Waals surface area contributed by atoms with Gasteiger partial charge in [0.25, 0.3) is 5.69 Å². The molecule has 1 N–H and O–H groups in total. The molecule has 0 fully saturated rings. The van der Waals surface area contributed by atoms with E-state index >= 15 is 0 Å². The van der Waals surface area contributed by atoms with Gasteiger partial charge in [-0.15, -0.1) is 10.2 Å². The Labute approximate surface area is 199 Å². The highest BCUT2D eigenvalue weighted by atomic mass is 32.2. The van der Waals surface area contributed by atoms with Crippen molar-refractivity contribution in [2.75, 3.05) is 11.1 Å². The molecule has 4 rings (SSSR count). The van der Waals surface area contributed by atoms with Crippen molar-refractivity contribution in [1.82, 2.24) is 14.8 Å². The molecule has 0 aliphatic heterocycles. The van der Waals surface area contributed by atoms with Gasteiger partial charge in [0.1, 0.15) is 12.4 Å². The number of nitrogens with one attached hydrogen (secondary N) is 1. The number of ether oxygens (including phenoxy) is 1. The summed E-state index contributed by atoms with van der Waals surface area (Å²) >= 11 is 1.24. The SMILES string of the molecule is Cc1cccc(OCc2nnc(SCC(=O)Nc3ccc([N+](=O)[O-])cc3)n2-c2ccccc2)c1. The van der Waals surface area contributed by atoms with Crippen LogP contribution in [0.2, 0.25) is 0 Å². The van der Waals surface area contributed by atoms with Crippen LogP contribution in [0.1, 0.15) is 11.4 Å². The zero-order chi connectivity index (χ0) is 23.9. The number of carbonyl (C=O) groups is 1. The van der Waals surface area contributed by atoms with Crippen LogP contribution >= 0.6 is 11.8 Å². The quantitative estimate of drug-likeness (QED) is 0.210. The van der Waals surface area contributed by atoms with Crippen LogP contribution in [-0.4, -0.2) is 31.3 Å². The summed E-state index contributed by atoms with van der Waals surface area (Å²) in [5.74, 6) is 1.16. The summed E-state index contributed by atoms with van der Waals surface area (Å²) in [6.45, 7) is 2.21. The number of carbonyl (C=O) groups excluding carboxylic acids is 1. The van der Waals surface area contributed by atoms with E-state index in [0.717, 1.165) is 17.0 Å². The number of non-ortho nitro benzene ring substituents is 1. The number of anilines is 1. The van der Waals surface area contributed by atoms with Gasteiger partial charge in [0.2, 0.25) is 5.91 Å². The molecule has 1 amide bonds. The highest BCUT2D eigenvalue weighted by molar-refractivity contribution is 7.99. The minimum atomic E-state index is -0.488. The Morgan fingerprint density at radius 2 is 1.82 bits per heavy atom. The van der Waals surface area contributed by atoms with Crippen LogP contribution in [0.3, 0.4) is 0 Å². The van der Waals surface area contributed by atoms with Gasteiger partial charge in [-0.05, 0) is 48.9 Å². The van der Waals surface area contributed by atoms with Crippen molar-refractivity contribution in [3.8, 4) is 11.4 Å². The van der Waals surface area contributed by atoms with Gasteiger partial charge in [-0.2, -0.15) is 0 Å². The zero-order valence-electron chi connectivity index (χ0n) is 18.2. The molecule has 0 saturated carbocycles. The molecule has 0 aliphatic rings. The molecule has 34 heavy (non-hydrogen) atoms. The van der Waals surface area contributed by atoms with E-state index in [4.69, 9.17) is 4.74 Å². The molecule has 3 aromatic carbocycles. The van der Waals surface area contributed by atoms with Crippen molar-refractivity contribution < 1.29 is 14.5 Å². The van der Waals surface area contributed by atoms with E-state index in [1.807, 2.05) is 66.1 Å². The fourth-order valence-electron chi connectivity index (χ4n) is 3.17. The average molecular weight is 476 g/mol. The van der Waals surface area contributed by atoms with Crippen LogP contribution in [0.5, 0.6) is 5.75 Å². The monoisotopic (exact) mass is 475 g/mol. The van der Waals surface area contributed by atoms with Gasteiger partial charge in [-0.25, -0.2) is 0 Å². The minimum Gasteiger partial charge on any atom is -0.486 e. The second-order valence-electron chi connectivity index (χ2n) is 7.32. The summed E-state index contributed by atoms with van der Waals surface area (Å²) in [6, 6.07) is 23.0. The number of aromatic nitrogens is 3. The third-order valence-electron chi connectivity index (χ3n) is 4.77. The number of nitro benzene ring substituents is 1. The van der Waals surface area contributed by atoms with Crippen molar-refractivity contribution in [3.63, 3.8) is 0 Å². The lowest BCUT2D eigenvalue weighted by molar-refractivity contribution is -0.384. The van der Waals surface area contributed by atoms with Crippen LogP contribution in [0.4, 0.5) is 11.4 Å². The van der Waals surface area contributed by atoms with Gasteiger partial charge >= 0.3 is 0 Å². The van der Waals surface area contributed by atoms with E-state index in [2.05, 4.69) is 15.5 Å². The lowest BCUT2D eigenvalue weighted by Gasteiger charge is -2.11. The third-order valence-corrected chi connectivity index (χ3v) is 5.70. The minimum absolute atomic E-state index is 0.0382. The van der Waals surface area contributed by atoms with Gasteiger partial charge in [0, 0.05) is 23.5 Å². The summed E-state index contributed by atoms with van der Waals surface area (Å²) in [4.78, 5) is 22.7. The maximum atomic E-state index is 12.5. The Hall–Kier alpha value is -4.18. The summed E-state index contributed by atoms with van der Waals surface area (Å²) in [5, 5.41) is 22.6. The lowest BCUT2D eigenvalue weighted by atomic mass is 10.2. The predicted octanol–water partition coefficient (Wildman–Crippen LogP) is 4.79. The molecule has 0 radical (unpaired) electrons. The van der Waals surface area contributed by atoms with Crippen molar-refractivity contribution in [3.05, 3.63) is 100 Å². The second-order valence-corrected chi connectivity index (χ2v) is 8.26. The summed E-state index contributed by atoms with van der Waals surface area (Å²) < 4.78 is 7.78. The smallest absolute Gasteiger partial charge is 0.269 e. The molecule has 0 aliphatic carbocycles. The Kier molecular flexibility index (Phi) is 7.19. The molecule has 4 aromatic rings. The summed E-state index contributed by atoms with van der Waals surface area (Å²) in [6.07, 6.45) is 0. The number of hydrogen-bond donors (Lipinski definition) is 1. The molecule has 0 atom stereocenters. The van der Waals surface area contributed by atoms with E-state index in [-0.39, 0.29) is 24.0 Å². The molecule has 1 aromatic heterocycles. The van der Waals surface area contributed by atoms with Crippen LogP contribution in [0, 0.1) is 17.0 Å². The standard InChI is InChI=1S/C24H21N5O4S/c1-17-6-5-9-21(14-17)33-15-22-26-27-24(28(22)19-7-3-2-4-8-19)34-16-23(30)25-18-10-12-20(13-11-18)29(31)32/h2-14H,15-16H2,1H3,(H,25,30). The Morgan fingerprint density at radius 3 is 2.53 bits per heavy atom. The molecule has 0 unspecified atom stereocenters. The fourth-order valence-corrected chi connectivity index (χ4v) is 3.94. The van der Waals surface area contributed by atoms with Crippen molar-refractivity contribution in [2.24, 2.45) is 0 Å². The summed E-state index contributed by atoms with van der Waals surface area (Å²) in [7, 11) is 0. The highest BCUT2D eigenvalue weighted by Crippen LogP contribution is 2.24. The molecule has 10 heteroatoms. The number of amides is 1. The van der Waals surface area contributed by atoms with E-state index in [9.17, 15) is 14.9 Å². The Balaban J connectivity index is 1.46.